The summed E-state index contributed by atoms with van der Waals surface area (Å²) in [5.74, 6) is -4.20. The predicted molar refractivity (Wildman–Crippen MR) is 81.4 cm³/mol. The van der Waals surface area contributed by atoms with Crippen LogP contribution in [0.4, 0.5) is 13.2 Å². The fourth-order valence-electron chi connectivity index (χ4n) is 2.56. The Labute approximate surface area is 147 Å². The Balaban J connectivity index is 1.60. The van der Waals surface area contributed by atoms with Crippen molar-refractivity contribution in [3.8, 4) is 0 Å². The average Bonchev–Trinajstić information content (AvgIpc) is 3.17. The molecule has 0 radical (unpaired) electrons. The Hall–Kier alpha value is -3.69. The first-order chi connectivity index (χ1) is 12.8. The molecular formula is C17H7F3N2O5. The summed E-state index contributed by atoms with van der Waals surface area (Å²) in [4.78, 5) is 44.7. The van der Waals surface area contributed by atoms with Gasteiger partial charge < -0.3 is 9.25 Å². The molecule has 10 heteroatoms. The van der Waals surface area contributed by atoms with Crippen LogP contribution >= 0.6 is 0 Å². The van der Waals surface area contributed by atoms with Gasteiger partial charge in [0, 0.05) is 0 Å². The molecule has 1 aromatic heterocycles. The Kier molecular flexibility index (Phi) is 3.51. The fourth-order valence-corrected chi connectivity index (χ4v) is 2.56. The van der Waals surface area contributed by atoms with E-state index in [1.807, 2.05) is 0 Å². The summed E-state index contributed by atoms with van der Waals surface area (Å²) in [6, 6.07) is 9.17. The fraction of sp³-hybridized carbons (Fsp3) is 0.0588. The number of nitrogens with zero attached hydrogens (tertiary/aromatic N) is 2. The lowest BCUT2D eigenvalue weighted by Gasteiger charge is -2.12. The largest absolute Gasteiger partial charge is 0.468 e. The number of imide groups is 1. The van der Waals surface area contributed by atoms with Gasteiger partial charge >= 0.3 is 18.0 Å². The van der Waals surface area contributed by atoms with E-state index in [9.17, 15) is 27.6 Å². The lowest BCUT2D eigenvalue weighted by molar-refractivity contribution is -0.156. The van der Waals surface area contributed by atoms with E-state index in [0.717, 1.165) is 18.2 Å². The second-order valence-electron chi connectivity index (χ2n) is 5.53. The SMILES string of the molecule is O=C(ON1C(=O)c2ccccc2C1=O)c1ccc2nc(C(F)(F)F)oc2c1. The van der Waals surface area contributed by atoms with E-state index >= 15 is 0 Å². The zero-order valence-electron chi connectivity index (χ0n) is 13.1. The molecule has 2 aromatic carbocycles. The molecule has 1 aliphatic rings. The van der Waals surface area contributed by atoms with Crippen LogP contribution in [0.3, 0.4) is 0 Å². The van der Waals surface area contributed by atoms with Gasteiger partial charge in [-0.1, -0.05) is 17.2 Å². The van der Waals surface area contributed by atoms with Gasteiger partial charge in [-0.3, -0.25) is 9.59 Å². The maximum atomic E-state index is 12.6. The van der Waals surface area contributed by atoms with Crippen molar-refractivity contribution in [3.05, 3.63) is 65.0 Å². The van der Waals surface area contributed by atoms with Crippen LogP contribution in [0.5, 0.6) is 0 Å². The van der Waals surface area contributed by atoms with E-state index in [1.165, 1.54) is 12.1 Å². The minimum Gasteiger partial charge on any atom is -0.433 e. The third-order valence-corrected chi connectivity index (χ3v) is 3.80. The van der Waals surface area contributed by atoms with Crippen molar-refractivity contribution in [2.24, 2.45) is 0 Å². The van der Waals surface area contributed by atoms with Gasteiger partial charge in [0.05, 0.1) is 16.7 Å². The standard InChI is InChI=1S/C17H7F3N2O5/c18-17(19,20)16-21-11-6-5-8(7-12(11)26-16)15(25)27-22-13(23)9-3-1-2-4-10(9)14(22)24/h1-7H. The van der Waals surface area contributed by atoms with E-state index in [0.29, 0.717) is 5.06 Å². The van der Waals surface area contributed by atoms with E-state index in [4.69, 9.17) is 4.84 Å². The summed E-state index contributed by atoms with van der Waals surface area (Å²) in [6.07, 6.45) is -4.78. The second kappa shape index (κ2) is 5.66. The second-order valence-corrected chi connectivity index (χ2v) is 5.53. The molecule has 0 saturated heterocycles. The molecule has 27 heavy (non-hydrogen) atoms. The molecule has 1 aliphatic heterocycles. The van der Waals surface area contributed by atoms with Gasteiger partial charge in [0.25, 0.3) is 11.8 Å². The van der Waals surface area contributed by atoms with Crippen LogP contribution in [0, 0.1) is 0 Å². The van der Waals surface area contributed by atoms with Crippen LogP contribution in [0.2, 0.25) is 0 Å². The summed E-state index contributed by atoms with van der Waals surface area (Å²) in [5.41, 5.74) is -0.464. The highest BCUT2D eigenvalue weighted by Gasteiger charge is 2.39. The summed E-state index contributed by atoms with van der Waals surface area (Å²) >= 11 is 0. The van der Waals surface area contributed by atoms with Gasteiger partial charge in [0.15, 0.2) is 5.58 Å². The Morgan fingerprint density at radius 2 is 1.67 bits per heavy atom. The first-order valence-corrected chi connectivity index (χ1v) is 7.43. The van der Waals surface area contributed by atoms with Crippen molar-refractivity contribution >= 4 is 28.9 Å². The topological polar surface area (TPSA) is 89.7 Å². The number of alkyl halides is 3. The molecule has 0 aliphatic carbocycles. The molecular weight excluding hydrogens is 369 g/mol. The molecule has 0 saturated carbocycles. The number of carbonyl (C=O) groups is 3. The van der Waals surface area contributed by atoms with Crippen LogP contribution in [0.1, 0.15) is 37.0 Å². The number of carbonyl (C=O) groups excluding carboxylic acids is 3. The van der Waals surface area contributed by atoms with Gasteiger partial charge in [-0.15, -0.1) is 0 Å². The van der Waals surface area contributed by atoms with Crippen molar-refractivity contribution in [2.75, 3.05) is 0 Å². The highest BCUT2D eigenvalue weighted by molar-refractivity contribution is 6.21. The zero-order chi connectivity index (χ0) is 19.3. The Morgan fingerprint density at radius 3 is 2.26 bits per heavy atom. The monoisotopic (exact) mass is 376 g/mol. The van der Waals surface area contributed by atoms with E-state index in [1.54, 1.807) is 12.1 Å². The van der Waals surface area contributed by atoms with Gasteiger partial charge in [-0.25, -0.2) is 9.78 Å². The molecule has 4 rings (SSSR count). The predicted octanol–water partition coefficient (Wildman–Crippen LogP) is 3.21. The number of hydrogen-bond acceptors (Lipinski definition) is 6. The minimum absolute atomic E-state index is 0.0794. The summed E-state index contributed by atoms with van der Waals surface area (Å²) in [7, 11) is 0. The Bertz CT molecular complexity index is 1080. The van der Waals surface area contributed by atoms with Crippen molar-refractivity contribution in [1.29, 1.82) is 0 Å². The molecule has 0 atom stereocenters. The molecule has 2 heterocycles. The quantitative estimate of drug-likeness (QED) is 0.638. The molecule has 7 nitrogen and oxygen atoms in total. The number of hydroxylamine groups is 2. The van der Waals surface area contributed by atoms with Crippen LogP contribution in [-0.2, 0) is 11.0 Å². The smallest absolute Gasteiger partial charge is 0.433 e. The summed E-state index contributed by atoms with van der Waals surface area (Å²) in [6.45, 7) is 0. The number of fused-ring (bicyclic) bond motifs is 2. The molecule has 0 spiro atoms. The van der Waals surface area contributed by atoms with Crippen LogP contribution in [0.25, 0.3) is 11.1 Å². The number of rotatable bonds is 2. The van der Waals surface area contributed by atoms with E-state index in [-0.39, 0.29) is 27.8 Å². The van der Waals surface area contributed by atoms with Gasteiger partial charge in [0.1, 0.15) is 5.52 Å². The molecule has 0 bridgehead atoms. The lowest BCUT2D eigenvalue weighted by Crippen LogP contribution is -2.32. The number of halogens is 3. The highest BCUT2D eigenvalue weighted by atomic mass is 19.4. The highest BCUT2D eigenvalue weighted by Crippen LogP contribution is 2.31. The zero-order valence-corrected chi connectivity index (χ0v) is 13.1. The van der Waals surface area contributed by atoms with Crippen LogP contribution in [-0.4, -0.2) is 27.8 Å². The number of hydrogen-bond donors (Lipinski definition) is 0. The van der Waals surface area contributed by atoms with Gasteiger partial charge in [-0.05, 0) is 30.3 Å². The molecule has 0 fully saturated rings. The first-order valence-electron chi connectivity index (χ1n) is 7.43. The maximum Gasteiger partial charge on any atom is 0.468 e. The minimum atomic E-state index is -4.78. The average molecular weight is 376 g/mol. The maximum absolute atomic E-state index is 12.6. The van der Waals surface area contributed by atoms with E-state index in [2.05, 4.69) is 9.40 Å². The van der Waals surface area contributed by atoms with Crippen molar-refractivity contribution in [1.82, 2.24) is 10.0 Å². The van der Waals surface area contributed by atoms with Gasteiger partial charge in [0.2, 0.25) is 0 Å². The molecule has 2 amide bonds. The number of benzene rings is 2. The van der Waals surface area contributed by atoms with Crippen molar-refractivity contribution < 1.29 is 36.8 Å². The normalized spacial score (nSPS) is 14.0. The van der Waals surface area contributed by atoms with Crippen LogP contribution < -0.4 is 0 Å². The van der Waals surface area contributed by atoms with E-state index < -0.39 is 29.9 Å². The van der Waals surface area contributed by atoms with Crippen molar-refractivity contribution in [2.45, 2.75) is 6.18 Å². The molecule has 3 aromatic rings. The third kappa shape index (κ3) is 2.71. The molecule has 0 unspecified atom stereocenters. The third-order valence-electron chi connectivity index (χ3n) is 3.80. The van der Waals surface area contributed by atoms with Crippen LogP contribution in [0.15, 0.2) is 46.9 Å². The molecule has 0 N–H and O–H groups in total. The number of oxazole rings is 1. The lowest BCUT2D eigenvalue weighted by atomic mass is 10.1. The number of aromatic nitrogens is 1. The van der Waals surface area contributed by atoms with Crippen molar-refractivity contribution in [3.63, 3.8) is 0 Å². The van der Waals surface area contributed by atoms with Gasteiger partial charge in [-0.2, -0.15) is 13.2 Å². The first kappa shape index (κ1) is 16.8. The summed E-state index contributed by atoms with van der Waals surface area (Å²) < 4.78 is 42.5. The number of amides is 2. The molecule has 136 valence electrons. The Morgan fingerprint density at radius 1 is 1.04 bits per heavy atom. The summed E-state index contributed by atoms with van der Waals surface area (Å²) in [5, 5.41) is 0.304.